The van der Waals surface area contributed by atoms with Gasteiger partial charge in [0.2, 0.25) is 5.82 Å². The largest absolute Gasteiger partial charge is 0.497 e. The highest BCUT2D eigenvalue weighted by atomic mass is 16.5. The van der Waals surface area contributed by atoms with Crippen molar-refractivity contribution in [1.29, 1.82) is 0 Å². The number of methoxy groups -OCH3 is 1. The first kappa shape index (κ1) is 18.0. The molecule has 1 aliphatic rings. The third-order valence-electron chi connectivity index (χ3n) is 4.68. The highest BCUT2D eigenvalue weighted by molar-refractivity contribution is 5.78. The fourth-order valence-electron chi connectivity index (χ4n) is 3.12. The van der Waals surface area contributed by atoms with Crippen LogP contribution in [0, 0.1) is 0 Å². The van der Waals surface area contributed by atoms with Gasteiger partial charge in [0.1, 0.15) is 11.5 Å². The van der Waals surface area contributed by atoms with Crippen LogP contribution in [0.25, 0.3) is 22.8 Å². The summed E-state index contributed by atoms with van der Waals surface area (Å²) in [5.41, 5.74) is 1.57. The molecule has 0 saturated carbocycles. The molecule has 2 aromatic carbocycles. The molecule has 7 nitrogen and oxygen atoms in total. The first-order valence-electron chi connectivity index (χ1n) is 9.22. The van der Waals surface area contributed by atoms with E-state index in [4.69, 9.17) is 14.0 Å². The first-order valence-corrected chi connectivity index (χ1v) is 9.22. The number of ether oxygens (including phenoxy) is 2. The third kappa shape index (κ3) is 3.98. The summed E-state index contributed by atoms with van der Waals surface area (Å²) < 4.78 is 16.2. The number of carbonyl (C=O) groups is 1. The predicted octanol–water partition coefficient (Wildman–Crippen LogP) is 3.41. The average molecular weight is 379 g/mol. The molecular weight excluding hydrogens is 358 g/mol. The number of amides is 1. The summed E-state index contributed by atoms with van der Waals surface area (Å²) >= 11 is 0. The number of hydrogen-bond acceptors (Lipinski definition) is 6. The third-order valence-corrected chi connectivity index (χ3v) is 4.68. The molecule has 1 amide bonds. The van der Waals surface area contributed by atoms with Gasteiger partial charge < -0.3 is 18.9 Å². The molecule has 1 aromatic heterocycles. The molecule has 0 unspecified atom stereocenters. The molecule has 0 spiro atoms. The minimum absolute atomic E-state index is 0.0178. The number of hydrogen-bond donors (Lipinski definition) is 0. The van der Waals surface area contributed by atoms with E-state index in [0.717, 1.165) is 42.8 Å². The van der Waals surface area contributed by atoms with Crippen LogP contribution in [0.15, 0.2) is 53.1 Å². The van der Waals surface area contributed by atoms with Crippen LogP contribution >= 0.6 is 0 Å². The molecule has 3 aromatic rings. The molecule has 7 heteroatoms. The second-order valence-electron chi connectivity index (χ2n) is 6.56. The van der Waals surface area contributed by atoms with Gasteiger partial charge >= 0.3 is 0 Å². The van der Waals surface area contributed by atoms with E-state index in [-0.39, 0.29) is 12.5 Å². The summed E-state index contributed by atoms with van der Waals surface area (Å²) in [6, 6.07) is 14.7. The van der Waals surface area contributed by atoms with Crippen LogP contribution in [0.3, 0.4) is 0 Å². The molecule has 0 aliphatic carbocycles. The Hall–Kier alpha value is -3.35. The molecule has 4 rings (SSSR count). The van der Waals surface area contributed by atoms with E-state index in [1.807, 2.05) is 47.4 Å². The molecule has 144 valence electrons. The summed E-state index contributed by atoms with van der Waals surface area (Å²) in [6.07, 6.45) is 2.13. The van der Waals surface area contributed by atoms with Crippen LogP contribution in [-0.4, -0.2) is 47.8 Å². The maximum Gasteiger partial charge on any atom is 0.260 e. The van der Waals surface area contributed by atoms with E-state index in [9.17, 15) is 4.79 Å². The van der Waals surface area contributed by atoms with E-state index in [1.54, 1.807) is 13.2 Å². The van der Waals surface area contributed by atoms with Gasteiger partial charge in [0.25, 0.3) is 11.8 Å². The van der Waals surface area contributed by atoms with Crippen molar-refractivity contribution in [3.63, 3.8) is 0 Å². The van der Waals surface area contributed by atoms with Crippen molar-refractivity contribution in [3.8, 4) is 34.3 Å². The van der Waals surface area contributed by atoms with Gasteiger partial charge in [-0.05, 0) is 49.2 Å². The van der Waals surface area contributed by atoms with Crippen LogP contribution in [-0.2, 0) is 4.79 Å². The Kier molecular flexibility index (Phi) is 5.23. The fraction of sp³-hybridized carbons (Fsp3) is 0.286. The lowest BCUT2D eigenvalue weighted by Crippen LogP contribution is -2.32. The van der Waals surface area contributed by atoms with Crippen LogP contribution in [0.1, 0.15) is 12.8 Å². The second-order valence-corrected chi connectivity index (χ2v) is 6.56. The van der Waals surface area contributed by atoms with E-state index in [0.29, 0.717) is 17.5 Å². The Balaban J connectivity index is 1.45. The van der Waals surface area contributed by atoms with Gasteiger partial charge in [-0.25, -0.2) is 0 Å². The Morgan fingerprint density at radius 2 is 1.86 bits per heavy atom. The van der Waals surface area contributed by atoms with E-state index >= 15 is 0 Å². The summed E-state index contributed by atoms with van der Waals surface area (Å²) in [5.74, 6) is 2.26. The van der Waals surface area contributed by atoms with Crippen molar-refractivity contribution in [2.24, 2.45) is 0 Å². The minimum atomic E-state index is 0.0178. The Morgan fingerprint density at radius 1 is 1.07 bits per heavy atom. The molecular formula is C21H21N3O4. The fourth-order valence-corrected chi connectivity index (χ4v) is 3.12. The van der Waals surface area contributed by atoms with Gasteiger partial charge in [-0.3, -0.25) is 4.79 Å². The lowest BCUT2D eigenvalue weighted by molar-refractivity contribution is -0.132. The van der Waals surface area contributed by atoms with Gasteiger partial charge in [-0.15, -0.1) is 0 Å². The first-order chi connectivity index (χ1) is 13.7. The number of carbonyl (C=O) groups excluding carboxylic acids is 1. The number of benzene rings is 2. The standard InChI is InChI=1S/C21H21N3O4/c1-26-17-9-7-15(8-10-17)21-22-20(23-28-21)16-5-4-6-18(13-16)27-14-19(25)24-11-2-3-12-24/h4-10,13H,2-3,11-12,14H2,1H3. The summed E-state index contributed by atoms with van der Waals surface area (Å²) in [4.78, 5) is 18.4. The van der Waals surface area contributed by atoms with E-state index in [2.05, 4.69) is 10.1 Å². The molecule has 1 saturated heterocycles. The zero-order valence-corrected chi connectivity index (χ0v) is 15.6. The molecule has 0 radical (unpaired) electrons. The highest BCUT2D eigenvalue weighted by Gasteiger charge is 2.18. The van der Waals surface area contributed by atoms with Crippen LogP contribution < -0.4 is 9.47 Å². The quantitative estimate of drug-likeness (QED) is 0.653. The average Bonchev–Trinajstić information content (AvgIpc) is 3.45. The number of likely N-dealkylation sites (tertiary alicyclic amines) is 1. The topological polar surface area (TPSA) is 77.7 Å². The molecule has 0 bridgehead atoms. The number of aromatic nitrogens is 2. The van der Waals surface area contributed by atoms with Crippen molar-refractivity contribution in [2.75, 3.05) is 26.8 Å². The minimum Gasteiger partial charge on any atom is -0.497 e. The predicted molar refractivity (Wildman–Crippen MR) is 103 cm³/mol. The lowest BCUT2D eigenvalue weighted by atomic mass is 10.2. The monoisotopic (exact) mass is 379 g/mol. The Morgan fingerprint density at radius 3 is 2.61 bits per heavy atom. The Bertz CT molecular complexity index is 946. The van der Waals surface area contributed by atoms with Gasteiger partial charge in [0, 0.05) is 24.2 Å². The molecule has 2 heterocycles. The second kappa shape index (κ2) is 8.12. The van der Waals surface area contributed by atoms with Gasteiger partial charge in [0.15, 0.2) is 6.61 Å². The number of rotatable bonds is 6. The van der Waals surface area contributed by atoms with Gasteiger partial charge in [0.05, 0.1) is 7.11 Å². The lowest BCUT2D eigenvalue weighted by Gasteiger charge is -2.15. The zero-order valence-electron chi connectivity index (χ0n) is 15.6. The molecule has 0 N–H and O–H groups in total. The summed E-state index contributed by atoms with van der Waals surface area (Å²) in [6.45, 7) is 1.67. The zero-order chi connectivity index (χ0) is 19.3. The molecule has 0 atom stereocenters. The maximum atomic E-state index is 12.1. The SMILES string of the molecule is COc1ccc(-c2nc(-c3cccc(OCC(=O)N4CCCC4)c3)no2)cc1. The molecule has 1 fully saturated rings. The Labute approximate surface area is 162 Å². The normalized spacial score (nSPS) is 13.5. The summed E-state index contributed by atoms with van der Waals surface area (Å²) in [5, 5.41) is 4.06. The van der Waals surface area contributed by atoms with Crippen molar-refractivity contribution >= 4 is 5.91 Å². The van der Waals surface area contributed by atoms with E-state index in [1.165, 1.54) is 0 Å². The van der Waals surface area contributed by atoms with Crippen molar-refractivity contribution in [3.05, 3.63) is 48.5 Å². The van der Waals surface area contributed by atoms with Crippen LogP contribution in [0.4, 0.5) is 0 Å². The maximum absolute atomic E-state index is 12.1. The van der Waals surface area contributed by atoms with Crippen molar-refractivity contribution < 1.29 is 18.8 Å². The van der Waals surface area contributed by atoms with Crippen LogP contribution in [0.5, 0.6) is 11.5 Å². The number of nitrogens with zero attached hydrogens (tertiary/aromatic N) is 3. The molecule has 28 heavy (non-hydrogen) atoms. The van der Waals surface area contributed by atoms with Gasteiger partial charge in [-0.1, -0.05) is 17.3 Å². The van der Waals surface area contributed by atoms with Crippen molar-refractivity contribution in [2.45, 2.75) is 12.8 Å². The molecule has 1 aliphatic heterocycles. The summed E-state index contributed by atoms with van der Waals surface area (Å²) in [7, 11) is 1.62. The highest BCUT2D eigenvalue weighted by Crippen LogP contribution is 2.26. The van der Waals surface area contributed by atoms with Gasteiger partial charge in [-0.2, -0.15) is 4.98 Å². The van der Waals surface area contributed by atoms with E-state index < -0.39 is 0 Å². The van der Waals surface area contributed by atoms with Crippen molar-refractivity contribution in [1.82, 2.24) is 15.0 Å². The van der Waals surface area contributed by atoms with Crippen LogP contribution in [0.2, 0.25) is 0 Å². The smallest absolute Gasteiger partial charge is 0.260 e.